The smallest absolute Gasteiger partial charge is 0.397 e. The number of aryl methyl sites for hydroxylation is 2. The quantitative estimate of drug-likeness (QED) is 0.661. The summed E-state index contributed by atoms with van der Waals surface area (Å²) in [4.78, 5) is 22.9. The maximum Gasteiger partial charge on any atom is 0.397 e. The summed E-state index contributed by atoms with van der Waals surface area (Å²) in [7, 11) is 0. The van der Waals surface area contributed by atoms with Crippen LogP contribution >= 0.6 is 0 Å². The number of carbonyl (C=O) groups is 2. The third kappa shape index (κ3) is 4.20. The minimum absolute atomic E-state index is 0.211. The summed E-state index contributed by atoms with van der Waals surface area (Å²) in [6.45, 7) is 8.00. The van der Waals surface area contributed by atoms with Crippen molar-refractivity contribution in [3.8, 4) is 0 Å². The third-order valence-electron chi connectivity index (χ3n) is 2.50. The van der Waals surface area contributed by atoms with E-state index in [1.807, 2.05) is 39.8 Å². The van der Waals surface area contributed by atoms with Crippen molar-refractivity contribution in [3.05, 3.63) is 29.3 Å². The van der Waals surface area contributed by atoms with Gasteiger partial charge in [0.2, 0.25) is 0 Å². The summed E-state index contributed by atoms with van der Waals surface area (Å²) in [5, 5.41) is 2.52. The summed E-state index contributed by atoms with van der Waals surface area (Å²) >= 11 is 0. The topological polar surface area (TPSA) is 55.4 Å². The van der Waals surface area contributed by atoms with Crippen LogP contribution in [-0.2, 0) is 14.3 Å². The van der Waals surface area contributed by atoms with Gasteiger partial charge in [-0.1, -0.05) is 19.9 Å². The molecular formula is C14H19NO3. The van der Waals surface area contributed by atoms with Crippen molar-refractivity contribution < 1.29 is 14.3 Å². The molecule has 1 aromatic rings. The highest BCUT2D eigenvalue weighted by Crippen LogP contribution is 2.14. The van der Waals surface area contributed by atoms with Gasteiger partial charge in [0.25, 0.3) is 0 Å². The first-order valence-corrected chi connectivity index (χ1v) is 5.95. The molecule has 0 saturated heterocycles. The molecule has 0 heterocycles. The molecule has 1 N–H and O–H groups in total. The van der Waals surface area contributed by atoms with E-state index in [4.69, 9.17) is 4.74 Å². The Morgan fingerprint density at radius 1 is 1.22 bits per heavy atom. The van der Waals surface area contributed by atoms with Crippen LogP contribution < -0.4 is 5.32 Å². The van der Waals surface area contributed by atoms with Gasteiger partial charge in [0.1, 0.15) is 0 Å². The van der Waals surface area contributed by atoms with Gasteiger partial charge in [0.15, 0.2) is 0 Å². The van der Waals surface area contributed by atoms with Crippen LogP contribution in [0, 0.1) is 19.8 Å². The van der Waals surface area contributed by atoms with E-state index in [1.54, 1.807) is 6.07 Å². The maximum atomic E-state index is 11.5. The van der Waals surface area contributed by atoms with E-state index in [0.29, 0.717) is 5.69 Å². The summed E-state index contributed by atoms with van der Waals surface area (Å²) in [5.74, 6) is -1.37. The SMILES string of the molecule is Cc1ccc(NC(=O)C(=O)OCC(C)C)cc1C. The van der Waals surface area contributed by atoms with Crippen molar-refractivity contribution in [2.75, 3.05) is 11.9 Å². The van der Waals surface area contributed by atoms with E-state index < -0.39 is 11.9 Å². The number of benzene rings is 1. The fraction of sp³-hybridized carbons (Fsp3) is 0.429. The van der Waals surface area contributed by atoms with Crippen LogP contribution in [-0.4, -0.2) is 18.5 Å². The number of hydrogen-bond acceptors (Lipinski definition) is 3. The Bertz CT molecular complexity index is 452. The predicted octanol–water partition coefficient (Wildman–Crippen LogP) is 2.44. The molecule has 1 aromatic carbocycles. The molecule has 0 aromatic heterocycles. The Hall–Kier alpha value is -1.84. The largest absolute Gasteiger partial charge is 0.458 e. The van der Waals surface area contributed by atoms with Crippen LogP contribution in [0.2, 0.25) is 0 Å². The molecule has 0 spiro atoms. The van der Waals surface area contributed by atoms with Crippen molar-refractivity contribution in [1.82, 2.24) is 0 Å². The molecule has 1 rings (SSSR count). The van der Waals surface area contributed by atoms with Crippen molar-refractivity contribution in [3.63, 3.8) is 0 Å². The fourth-order valence-electron chi connectivity index (χ4n) is 1.31. The summed E-state index contributed by atoms with van der Waals surface area (Å²) in [6, 6.07) is 5.48. The number of esters is 1. The van der Waals surface area contributed by atoms with Gasteiger partial charge in [-0.2, -0.15) is 0 Å². The average Bonchev–Trinajstić information content (AvgIpc) is 2.30. The zero-order chi connectivity index (χ0) is 13.7. The maximum absolute atomic E-state index is 11.5. The van der Waals surface area contributed by atoms with Crippen molar-refractivity contribution >= 4 is 17.6 Å². The van der Waals surface area contributed by atoms with Gasteiger partial charge in [0, 0.05) is 5.69 Å². The Morgan fingerprint density at radius 2 is 1.89 bits per heavy atom. The number of ether oxygens (including phenoxy) is 1. The van der Waals surface area contributed by atoms with E-state index in [0.717, 1.165) is 11.1 Å². The van der Waals surface area contributed by atoms with Crippen molar-refractivity contribution in [1.29, 1.82) is 0 Å². The molecule has 0 unspecified atom stereocenters. The first kappa shape index (κ1) is 14.2. The number of nitrogens with one attached hydrogen (secondary N) is 1. The molecular weight excluding hydrogens is 230 g/mol. The normalized spacial score (nSPS) is 10.3. The Balaban J connectivity index is 2.58. The van der Waals surface area contributed by atoms with E-state index in [2.05, 4.69) is 5.32 Å². The Labute approximate surface area is 107 Å². The van der Waals surface area contributed by atoms with Gasteiger partial charge in [-0.05, 0) is 43.0 Å². The van der Waals surface area contributed by atoms with Crippen LogP contribution in [0.25, 0.3) is 0 Å². The zero-order valence-electron chi connectivity index (χ0n) is 11.2. The molecule has 18 heavy (non-hydrogen) atoms. The summed E-state index contributed by atoms with van der Waals surface area (Å²) < 4.78 is 4.84. The lowest BCUT2D eigenvalue weighted by Gasteiger charge is -2.08. The molecule has 0 bridgehead atoms. The lowest BCUT2D eigenvalue weighted by molar-refractivity contribution is -0.153. The zero-order valence-corrected chi connectivity index (χ0v) is 11.2. The molecule has 0 aliphatic heterocycles. The minimum Gasteiger partial charge on any atom is -0.458 e. The molecule has 0 saturated carbocycles. The molecule has 0 aliphatic carbocycles. The van der Waals surface area contributed by atoms with E-state index in [9.17, 15) is 9.59 Å². The molecule has 0 atom stereocenters. The lowest BCUT2D eigenvalue weighted by Crippen LogP contribution is -2.26. The second-order valence-electron chi connectivity index (χ2n) is 4.75. The molecule has 98 valence electrons. The number of rotatable bonds is 3. The van der Waals surface area contributed by atoms with Crippen LogP contribution in [0.5, 0.6) is 0 Å². The van der Waals surface area contributed by atoms with Gasteiger partial charge in [-0.3, -0.25) is 4.79 Å². The van der Waals surface area contributed by atoms with Gasteiger partial charge >= 0.3 is 11.9 Å². The minimum atomic E-state index is -0.845. The monoisotopic (exact) mass is 249 g/mol. The molecule has 0 radical (unpaired) electrons. The number of carbonyl (C=O) groups excluding carboxylic acids is 2. The van der Waals surface area contributed by atoms with E-state index >= 15 is 0 Å². The van der Waals surface area contributed by atoms with E-state index in [-0.39, 0.29) is 12.5 Å². The predicted molar refractivity (Wildman–Crippen MR) is 70.3 cm³/mol. The molecule has 4 nitrogen and oxygen atoms in total. The highest BCUT2D eigenvalue weighted by Gasteiger charge is 2.16. The average molecular weight is 249 g/mol. The van der Waals surface area contributed by atoms with Crippen molar-refractivity contribution in [2.24, 2.45) is 5.92 Å². The first-order chi connectivity index (χ1) is 8.40. The Kier molecular flexibility index (Phi) is 4.89. The number of amides is 1. The number of hydrogen-bond donors (Lipinski definition) is 1. The van der Waals surface area contributed by atoms with Crippen LogP contribution in [0.4, 0.5) is 5.69 Å². The van der Waals surface area contributed by atoms with Gasteiger partial charge in [0.05, 0.1) is 6.61 Å². The van der Waals surface area contributed by atoms with Crippen LogP contribution in [0.15, 0.2) is 18.2 Å². The van der Waals surface area contributed by atoms with Crippen LogP contribution in [0.3, 0.4) is 0 Å². The highest BCUT2D eigenvalue weighted by molar-refractivity contribution is 6.37. The fourth-order valence-corrected chi connectivity index (χ4v) is 1.31. The summed E-state index contributed by atoms with van der Waals surface area (Å²) in [5.41, 5.74) is 2.79. The van der Waals surface area contributed by atoms with Crippen molar-refractivity contribution in [2.45, 2.75) is 27.7 Å². The van der Waals surface area contributed by atoms with Crippen LogP contribution in [0.1, 0.15) is 25.0 Å². The second-order valence-corrected chi connectivity index (χ2v) is 4.75. The highest BCUT2D eigenvalue weighted by atomic mass is 16.5. The van der Waals surface area contributed by atoms with Gasteiger partial charge < -0.3 is 10.1 Å². The second kappa shape index (κ2) is 6.19. The molecule has 4 heteroatoms. The molecule has 0 aliphatic rings. The third-order valence-corrected chi connectivity index (χ3v) is 2.50. The van der Waals surface area contributed by atoms with Gasteiger partial charge in [-0.15, -0.1) is 0 Å². The van der Waals surface area contributed by atoms with Gasteiger partial charge in [-0.25, -0.2) is 4.79 Å². The molecule has 0 fully saturated rings. The van der Waals surface area contributed by atoms with E-state index in [1.165, 1.54) is 0 Å². The molecule has 1 amide bonds. The first-order valence-electron chi connectivity index (χ1n) is 5.95. The Morgan fingerprint density at radius 3 is 2.44 bits per heavy atom. The standard InChI is InChI=1S/C14H19NO3/c1-9(2)8-18-14(17)13(16)15-12-6-5-10(3)11(4)7-12/h5-7,9H,8H2,1-4H3,(H,15,16). The summed E-state index contributed by atoms with van der Waals surface area (Å²) in [6.07, 6.45) is 0. The number of anilines is 1. The lowest BCUT2D eigenvalue weighted by atomic mass is 10.1.